The van der Waals surface area contributed by atoms with E-state index >= 15 is 0 Å². The highest BCUT2D eigenvalue weighted by Gasteiger charge is 2.29. The van der Waals surface area contributed by atoms with E-state index in [0.29, 0.717) is 0 Å². The van der Waals surface area contributed by atoms with Crippen molar-refractivity contribution >= 4 is 66.4 Å². The van der Waals surface area contributed by atoms with Gasteiger partial charge < -0.3 is 9.80 Å². The minimum absolute atomic E-state index is 0.0914. The molecular weight excluding hydrogens is 605 g/mol. The fraction of sp³-hybridized carbons (Fsp3) is 0.167. The molecule has 0 fully saturated rings. The molecule has 8 aromatic rings. The molecule has 2 nitrogen and oxygen atoms in total. The van der Waals surface area contributed by atoms with Crippen LogP contribution < -0.4 is 9.80 Å². The van der Waals surface area contributed by atoms with Crippen molar-refractivity contribution in [2.24, 2.45) is 0 Å². The zero-order chi connectivity index (χ0) is 34.6. The van der Waals surface area contributed by atoms with E-state index in [-0.39, 0.29) is 10.8 Å². The number of hydrogen-bond donors (Lipinski definition) is 0. The van der Waals surface area contributed by atoms with Crippen molar-refractivity contribution in [3.05, 3.63) is 169 Å². The molecule has 0 aliphatic rings. The minimum Gasteiger partial charge on any atom is -0.310 e. The smallest absolute Gasteiger partial charge is 0.0543 e. The second-order valence-electron chi connectivity index (χ2n) is 15.5. The van der Waals surface area contributed by atoms with Gasteiger partial charge in [0.1, 0.15) is 0 Å². The number of benzene rings is 8. The molecule has 0 aromatic heterocycles. The van der Waals surface area contributed by atoms with Crippen LogP contribution in [0.3, 0.4) is 0 Å². The van der Waals surface area contributed by atoms with Crippen molar-refractivity contribution in [2.45, 2.75) is 52.4 Å². The summed E-state index contributed by atoms with van der Waals surface area (Å²) in [6.07, 6.45) is 0. The number of rotatable bonds is 6. The Morgan fingerprint density at radius 2 is 0.580 bits per heavy atom. The largest absolute Gasteiger partial charge is 0.310 e. The van der Waals surface area contributed by atoms with Crippen LogP contribution in [0.15, 0.2) is 158 Å². The first-order valence-electron chi connectivity index (χ1n) is 17.7. The Hall–Kier alpha value is -5.60. The SMILES string of the molecule is CC(C)(C)c1cc(N(c2ccccc2)c2ccccc2)c2ccc3c(C(C)(C)C)cc(N(c4ccccc4)c4ccccc4)c4ccc1c2c43. The maximum atomic E-state index is 2.45. The first-order valence-corrected chi connectivity index (χ1v) is 17.7. The fourth-order valence-corrected chi connectivity index (χ4v) is 7.73. The second-order valence-corrected chi connectivity index (χ2v) is 15.5. The van der Waals surface area contributed by atoms with Crippen LogP contribution in [0.4, 0.5) is 34.1 Å². The van der Waals surface area contributed by atoms with Crippen molar-refractivity contribution in [1.29, 1.82) is 0 Å². The van der Waals surface area contributed by atoms with Crippen LogP contribution in [0.5, 0.6) is 0 Å². The van der Waals surface area contributed by atoms with Crippen molar-refractivity contribution in [3.63, 3.8) is 0 Å². The Labute approximate surface area is 296 Å². The van der Waals surface area contributed by atoms with Crippen LogP contribution in [0.1, 0.15) is 52.7 Å². The van der Waals surface area contributed by atoms with Crippen molar-refractivity contribution in [3.8, 4) is 0 Å². The second kappa shape index (κ2) is 12.1. The molecule has 0 heterocycles. The monoisotopic (exact) mass is 648 g/mol. The van der Waals surface area contributed by atoms with E-state index in [2.05, 4.69) is 209 Å². The molecular formula is C48H44N2. The van der Waals surface area contributed by atoms with E-state index in [1.807, 2.05) is 0 Å². The fourth-order valence-electron chi connectivity index (χ4n) is 7.73. The summed E-state index contributed by atoms with van der Waals surface area (Å²) < 4.78 is 0. The lowest BCUT2D eigenvalue weighted by Crippen LogP contribution is -2.17. The predicted molar refractivity (Wildman–Crippen MR) is 217 cm³/mol. The van der Waals surface area contributed by atoms with Gasteiger partial charge in [-0.1, -0.05) is 139 Å². The first-order chi connectivity index (χ1) is 24.1. The third kappa shape index (κ3) is 5.36. The van der Waals surface area contributed by atoms with Crippen molar-refractivity contribution in [2.75, 3.05) is 9.80 Å². The molecule has 0 amide bonds. The number of nitrogens with zero attached hydrogens (tertiary/aromatic N) is 2. The molecule has 2 heteroatoms. The summed E-state index contributed by atoms with van der Waals surface area (Å²) in [6.45, 7) is 14.1. The lowest BCUT2D eigenvalue weighted by molar-refractivity contribution is 0.595. The number of hydrogen-bond acceptors (Lipinski definition) is 2. The highest BCUT2D eigenvalue weighted by molar-refractivity contribution is 6.29. The van der Waals surface area contributed by atoms with Gasteiger partial charge in [0.2, 0.25) is 0 Å². The van der Waals surface area contributed by atoms with Gasteiger partial charge in [-0.3, -0.25) is 0 Å². The van der Waals surface area contributed by atoms with Crippen LogP contribution in [0, 0.1) is 0 Å². The summed E-state index contributed by atoms with van der Waals surface area (Å²) >= 11 is 0. The van der Waals surface area contributed by atoms with E-state index in [0.717, 1.165) is 22.7 Å². The topological polar surface area (TPSA) is 6.48 Å². The summed E-state index contributed by atoms with van der Waals surface area (Å²) in [4.78, 5) is 4.87. The molecule has 0 saturated heterocycles. The Morgan fingerprint density at radius 3 is 0.840 bits per heavy atom. The van der Waals surface area contributed by atoms with E-state index in [1.54, 1.807) is 0 Å². The van der Waals surface area contributed by atoms with Crippen molar-refractivity contribution in [1.82, 2.24) is 0 Å². The summed E-state index contributed by atoms with van der Waals surface area (Å²) in [6, 6.07) is 57.6. The Morgan fingerprint density at radius 1 is 0.320 bits per heavy atom. The van der Waals surface area contributed by atoms with Gasteiger partial charge in [-0.25, -0.2) is 0 Å². The van der Waals surface area contributed by atoms with E-state index in [9.17, 15) is 0 Å². The normalized spacial score (nSPS) is 12.2. The molecule has 0 atom stereocenters. The molecule has 0 spiro atoms. The maximum Gasteiger partial charge on any atom is 0.0543 e. The van der Waals surface area contributed by atoms with Gasteiger partial charge in [-0.2, -0.15) is 0 Å². The lowest BCUT2D eigenvalue weighted by Gasteiger charge is -2.33. The molecule has 0 unspecified atom stereocenters. The third-order valence-corrected chi connectivity index (χ3v) is 10.0. The average Bonchev–Trinajstić information content (AvgIpc) is 3.12. The van der Waals surface area contributed by atoms with Crippen LogP contribution in [0.2, 0.25) is 0 Å². The Bertz CT molecular complexity index is 2160. The molecule has 0 saturated carbocycles. The quantitative estimate of drug-likeness (QED) is 0.166. The van der Waals surface area contributed by atoms with Crippen LogP contribution in [0.25, 0.3) is 32.3 Å². The van der Waals surface area contributed by atoms with Gasteiger partial charge >= 0.3 is 0 Å². The summed E-state index contributed by atoms with van der Waals surface area (Å²) in [5.74, 6) is 0. The molecule has 0 bridgehead atoms. The molecule has 8 rings (SSSR count). The maximum absolute atomic E-state index is 2.45. The standard InChI is InChI=1S/C48H44N2/c1-47(2,3)41-31-43(49(33-19-11-7-12-20-33)34-21-13-8-14-22-34)39-30-28-38-42(48(4,5)6)32-44(40-29-27-37(41)45(39)46(38)40)50(35-23-15-9-16-24-35)36-25-17-10-18-26-36/h7-32H,1-6H3. The summed E-state index contributed by atoms with van der Waals surface area (Å²) in [7, 11) is 0. The minimum atomic E-state index is -0.0914. The number of para-hydroxylation sites is 4. The van der Waals surface area contributed by atoms with E-state index < -0.39 is 0 Å². The molecule has 50 heavy (non-hydrogen) atoms. The molecule has 0 radical (unpaired) electrons. The molecule has 0 aliphatic heterocycles. The van der Waals surface area contributed by atoms with Gasteiger partial charge in [-0.05, 0) is 104 Å². The van der Waals surface area contributed by atoms with E-state index in [4.69, 9.17) is 0 Å². The summed E-state index contributed by atoms with van der Waals surface area (Å²) in [5.41, 5.74) is 9.47. The molecule has 0 N–H and O–H groups in total. The lowest BCUT2D eigenvalue weighted by atomic mass is 9.77. The molecule has 8 aromatic carbocycles. The Kier molecular flexibility index (Phi) is 7.64. The van der Waals surface area contributed by atoms with Gasteiger partial charge in [0.05, 0.1) is 11.4 Å². The molecule has 246 valence electrons. The van der Waals surface area contributed by atoms with Crippen LogP contribution in [-0.4, -0.2) is 0 Å². The predicted octanol–water partition coefficient (Wildman–Crippen LogP) is 14.1. The third-order valence-electron chi connectivity index (χ3n) is 10.0. The van der Waals surface area contributed by atoms with Crippen LogP contribution >= 0.6 is 0 Å². The summed E-state index contributed by atoms with van der Waals surface area (Å²) in [5, 5.41) is 7.79. The van der Waals surface area contributed by atoms with Gasteiger partial charge in [0.25, 0.3) is 0 Å². The number of anilines is 6. The van der Waals surface area contributed by atoms with Gasteiger partial charge in [0.15, 0.2) is 0 Å². The molecule has 0 aliphatic carbocycles. The highest BCUT2D eigenvalue weighted by Crippen LogP contribution is 2.51. The zero-order valence-electron chi connectivity index (χ0n) is 29.9. The van der Waals surface area contributed by atoms with Crippen LogP contribution in [-0.2, 0) is 10.8 Å². The zero-order valence-corrected chi connectivity index (χ0v) is 29.9. The average molecular weight is 649 g/mol. The Balaban J connectivity index is 1.56. The van der Waals surface area contributed by atoms with Gasteiger partial charge in [-0.15, -0.1) is 0 Å². The highest BCUT2D eigenvalue weighted by atomic mass is 15.1. The van der Waals surface area contributed by atoms with E-state index in [1.165, 1.54) is 54.8 Å². The van der Waals surface area contributed by atoms with Gasteiger partial charge in [0, 0.05) is 33.5 Å². The first kappa shape index (κ1) is 31.7. The van der Waals surface area contributed by atoms with Crippen molar-refractivity contribution < 1.29 is 0 Å².